The molecule has 0 radical (unpaired) electrons. The quantitative estimate of drug-likeness (QED) is 0.635. The Bertz CT molecular complexity index is 1040. The molecule has 0 aliphatic rings. The highest BCUT2D eigenvalue weighted by Crippen LogP contribution is 2.28. The first kappa shape index (κ1) is 17.9. The molecule has 1 aromatic heterocycles. The van der Waals surface area contributed by atoms with E-state index in [-0.39, 0.29) is 22.6 Å². The number of anilines is 2. The van der Waals surface area contributed by atoms with Crippen molar-refractivity contribution in [3.8, 4) is 11.3 Å². The number of carbonyl (C=O) groups is 2. The summed E-state index contributed by atoms with van der Waals surface area (Å²) in [5.41, 5.74) is 4.77. The van der Waals surface area contributed by atoms with Crippen LogP contribution in [0.5, 0.6) is 0 Å². The van der Waals surface area contributed by atoms with E-state index in [2.05, 4.69) is 15.5 Å². The highest BCUT2D eigenvalue weighted by atomic mass is 19.1. The number of hydrogen-bond acceptors (Lipinski definition) is 5. The van der Waals surface area contributed by atoms with E-state index in [0.29, 0.717) is 5.69 Å². The summed E-state index contributed by atoms with van der Waals surface area (Å²) in [6.07, 6.45) is 0. The van der Waals surface area contributed by atoms with Crippen LogP contribution in [0.15, 0.2) is 48.5 Å². The van der Waals surface area contributed by atoms with Crippen molar-refractivity contribution in [2.75, 3.05) is 5.32 Å². The van der Waals surface area contributed by atoms with Crippen LogP contribution >= 0.6 is 0 Å². The first-order valence-corrected chi connectivity index (χ1v) is 7.59. The minimum absolute atomic E-state index is 0.00279. The Morgan fingerprint density at radius 1 is 1.00 bits per heavy atom. The maximum atomic E-state index is 14.0. The van der Waals surface area contributed by atoms with E-state index in [4.69, 9.17) is 10.8 Å². The first-order valence-electron chi connectivity index (χ1n) is 7.59. The van der Waals surface area contributed by atoms with E-state index in [1.807, 2.05) is 0 Å². The average Bonchev–Trinajstić information content (AvgIpc) is 2.62. The molecular weight excluding hydrogens is 358 g/mol. The number of carboxylic acids is 1. The Kier molecular flexibility index (Phi) is 4.75. The number of benzene rings is 2. The van der Waals surface area contributed by atoms with Crippen molar-refractivity contribution in [2.45, 2.75) is 0 Å². The van der Waals surface area contributed by atoms with Gasteiger partial charge in [-0.05, 0) is 36.4 Å². The van der Waals surface area contributed by atoms with Gasteiger partial charge in [-0.3, -0.25) is 4.79 Å². The van der Waals surface area contributed by atoms with E-state index in [0.717, 1.165) is 12.1 Å². The number of carbonyl (C=O) groups excluding carboxylic acids is 1. The van der Waals surface area contributed by atoms with Crippen LogP contribution in [-0.2, 0) is 0 Å². The predicted octanol–water partition coefficient (Wildman–Crippen LogP) is 2.96. The van der Waals surface area contributed by atoms with Crippen LogP contribution < -0.4 is 11.1 Å². The number of nitrogens with two attached hydrogens (primary N) is 1. The molecule has 0 aliphatic heterocycles. The van der Waals surface area contributed by atoms with Crippen LogP contribution in [0.2, 0.25) is 0 Å². The Morgan fingerprint density at radius 2 is 1.67 bits per heavy atom. The highest BCUT2D eigenvalue weighted by molar-refractivity contribution is 5.98. The van der Waals surface area contributed by atoms with Crippen LogP contribution in [0.25, 0.3) is 11.3 Å². The average molecular weight is 370 g/mol. The lowest BCUT2D eigenvalue weighted by atomic mass is 10.1. The Labute approximate surface area is 151 Å². The van der Waals surface area contributed by atoms with E-state index in [1.54, 1.807) is 6.07 Å². The van der Waals surface area contributed by atoms with E-state index < -0.39 is 29.1 Å². The van der Waals surface area contributed by atoms with Crippen LogP contribution in [-0.4, -0.2) is 27.2 Å². The number of hydrogen-bond donors (Lipinski definition) is 3. The predicted molar refractivity (Wildman–Crippen MR) is 92.6 cm³/mol. The summed E-state index contributed by atoms with van der Waals surface area (Å²) in [6, 6.07) is 10.3. The van der Waals surface area contributed by atoms with Gasteiger partial charge in [0.05, 0.1) is 16.8 Å². The van der Waals surface area contributed by atoms with Crippen molar-refractivity contribution in [1.82, 2.24) is 10.2 Å². The largest absolute Gasteiger partial charge is 0.478 e. The zero-order valence-corrected chi connectivity index (χ0v) is 13.6. The number of rotatable bonds is 5. The second kappa shape index (κ2) is 7.16. The molecule has 7 nitrogen and oxygen atoms in total. The van der Waals surface area contributed by atoms with Gasteiger partial charge in [-0.25, -0.2) is 13.6 Å². The highest BCUT2D eigenvalue weighted by Gasteiger charge is 2.18. The van der Waals surface area contributed by atoms with E-state index in [9.17, 15) is 18.4 Å². The number of aromatic nitrogens is 2. The molecule has 0 aliphatic carbocycles. The molecule has 27 heavy (non-hydrogen) atoms. The van der Waals surface area contributed by atoms with E-state index >= 15 is 0 Å². The summed E-state index contributed by atoms with van der Waals surface area (Å²) >= 11 is 0. The number of primary amides is 1. The topological polar surface area (TPSA) is 118 Å². The summed E-state index contributed by atoms with van der Waals surface area (Å²) in [5.74, 6) is -3.76. The van der Waals surface area contributed by atoms with Crippen LogP contribution in [0, 0.1) is 11.6 Å². The van der Waals surface area contributed by atoms with Gasteiger partial charge in [0.1, 0.15) is 17.3 Å². The summed E-state index contributed by atoms with van der Waals surface area (Å²) in [5, 5.41) is 19.2. The number of amides is 1. The lowest BCUT2D eigenvalue weighted by molar-refractivity contribution is 0.0696. The molecular formula is C18H12F2N4O3. The van der Waals surface area contributed by atoms with Gasteiger partial charge in [0, 0.05) is 5.69 Å². The Morgan fingerprint density at radius 3 is 2.30 bits per heavy atom. The Hall–Kier alpha value is -3.88. The fourth-order valence-electron chi connectivity index (χ4n) is 2.42. The normalized spacial score (nSPS) is 10.4. The van der Waals surface area contributed by atoms with Crippen LogP contribution in [0.1, 0.15) is 20.8 Å². The lowest BCUT2D eigenvalue weighted by Gasteiger charge is -2.12. The van der Waals surface area contributed by atoms with Crippen molar-refractivity contribution in [1.29, 1.82) is 0 Å². The molecule has 1 amide bonds. The minimum atomic E-state index is -1.14. The summed E-state index contributed by atoms with van der Waals surface area (Å²) in [4.78, 5) is 22.7. The van der Waals surface area contributed by atoms with Gasteiger partial charge in [-0.15, -0.1) is 10.2 Å². The van der Waals surface area contributed by atoms with E-state index in [1.165, 1.54) is 30.3 Å². The fraction of sp³-hybridized carbons (Fsp3) is 0. The maximum absolute atomic E-state index is 14.0. The second-order valence-corrected chi connectivity index (χ2v) is 5.46. The summed E-state index contributed by atoms with van der Waals surface area (Å²) in [6.45, 7) is 0. The smallest absolute Gasteiger partial charge is 0.335 e. The van der Waals surface area contributed by atoms with Crippen molar-refractivity contribution in [3.05, 3.63) is 71.4 Å². The number of nitrogens with zero attached hydrogens (tertiary/aromatic N) is 2. The van der Waals surface area contributed by atoms with Gasteiger partial charge in [0.25, 0.3) is 5.91 Å². The molecule has 3 rings (SSSR count). The molecule has 0 unspecified atom stereocenters. The van der Waals surface area contributed by atoms with Crippen molar-refractivity contribution >= 4 is 23.3 Å². The molecule has 0 bridgehead atoms. The molecule has 0 saturated heterocycles. The molecule has 136 valence electrons. The third kappa shape index (κ3) is 3.71. The first-order chi connectivity index (χ1) is 12.9. The molecule has 0 spiro atoms. The fourth-order valence-corrected chi connectivity index (χ4v) is 2.42. The van der Waals surface area contributed by atoms with Crippen molar-refractivity contribution in [3.63, 3.8) is 0 Å². The van der Waals surface area contributed by atoms with Gasteiger partial charge in [-0.1, -0.05) is 12.1 Å². The van der Waals surface area contributed by atoms with Gasteiger partial charge in [0.15, 0.2) is 5.69 Å². The van der Waals surface area contributed by atoms with Gasteiger partial charge in [-0.2, -0.15) is 0 Å². The molecule has 4 N–H and O–H groups in total. The molecule has 1 heterocycles. The van der Waals surface area contributed by atoms with Gasteiger partial charge >= 0.3 is 5.97 Å². The van der Waals surface area contributed by atoms with Gasteiger partial charge < -0.3 is 16.2 Å². The Balaban J connectivity index is 2.09. The molecule has 0 fully saturated rings. The molecule has 0 atom stereocenters. The number of aromatic carboxylic acids is 1. The summed E-state index contributed by atoms with van der Waals surface area (Å²) in [7, 11) is 0. The standard InChI is InChI=1S/C18H12F2N4O3/c19-11-5-2-6-12(20)15(11)13-8-14(16(17(21)25)24-23-13)22-10-4-1-3-9(7-10)18(26)27/h1-8H,(H2,21,25)(H,22,23)(H,26,27). The monoisotopic (exact) mass is 370 g/mol. The third-order valence-corrected chi connectivity index (χ3v) is 3.63. The number of halogens is 2. The number of carboxylic acid groups (broad SMARTS) is 1. The summed E-state index contributed by atoms with van der Waals surface area (Å²) < 4.78 is 28.0. The molecule has 0 saturated carbocycles. The second-order valence-electron chi connectivity index (χ2n) is 5.46. The zero-order chi connectivity index (χ0) is 19.6. The SMILES string of the molecule is NC(=O)c1nnc(-c2c(F)cccc2F)cc1Nc1cccc(C(=O)O)c1. The van der Waals surface area contributed by atoms with Gasteiger partial charge in [0.2, 0.25) is 0 Å². The lowest BCUT2D eigenvalue weighted by Crippen LogP contribution is -2.17. The number of nitrogens with one attached hydrogen (secondary N) is 1. The van der Waals surface area contributed by atoms with Crippen LogP contribution in [0.4, 0.5) is 20.2 Å². The van der Waals surface area contributed by atoms with Crippen molar-refractivity contribution in [2.24, 2.45) is 5.73 Å². The maximum Gasteiger partial charge on any atom is 0.335 e. The molecule has 3 aromatic rings. The molecule has 9 heteroatoms. The van der Waals surface area contributed by atoms with Crippen molar-refractivity contribution < 1.29 is 23.5 Å². The zero-order valence-electron chi connectivity index (χ0n) is 13.6. The third-order valence-electron chi connectivity index (χ3n) is 3.63. The van der Waals surface area contributed by atoms with Crippen LogP contribution in [0.3, 0.4) is 0 Å². The minimum Gasteiger partial charge on any atom is -0.478 e. The molecule has 2 aromatic carbocycles.